The number of benzene rings is 1. The van der Waals surface area contributed by atoms with Crippen molar-refractivity contribution in [3.8, 4) is 0 Å². The lowest BCUT2D eigenvalue weighted by Crippen LogP contribution is -2.39. The molecule has 1 rings (SSSR count). The Morgan fingerprint density at radius 1 is 1.25 bits per heavy atom. The number of rotatable bonds is 4. The van der Waals surface area contributed by atoms with Crippen LogP contribution in [0.3, 0.4) is 0 Å². The third kappa shape index (κ3) is 4.05. The summed E-state index contributed by atoms with van der Waals surface area (Å²) in [5, 5.41) is 4.95. The number of nitrogens with one attached hydrogen (secondary N) is 2. The number of aryl methyl sites for hydroxylation is 1. The van der Waals surface area contributed by atoms with Gasteiger partial charge in [0.25, 0.3) is 0 Å². The number of ketones is 1. The van der Waals surface area contributed by atoms with Gasteiger partial charge in [-0.25, -0.2) is 0 Å². The number of carbonyl (C=O) groups is 3. The maximum atomic E-state index is 11.7. The molecule has 0 aliphatic rings. The molecule has 0 bridgehead atoms. The first-order valence-electron chi connectivity index (χ1n) is 6.21. The molecule has 0 aliphatic carbocycles. The first kappa shape index (κ1) is 15.6. The van der Waals surface area contributed by atoms with Gasteiger partial charge in [-0.15, -0.1) is 6.58 Å². The van der Waals surface area contributed by atoms with E-state index in [1.54, 1.807) is 32.0 Å². The number of carbonyl (C=O) groups excluding carboxylic acids is 3. The smallest absolute Gasteiger partial charge is 0.313 e. The van der Waals surface area contributed by atoms with Crippen molar-refractivity contribution in [3.63, 3.8) is 0 Å². The summed E-state index contributed by atoms with van der Waals surface area (Å²) in [5.74, 6) is -1.53. The minimum Gasteiger partial charge on any atom is -0.342 e. The molecule has 5 nitrogen and oxygen atoms in total. The first-order chi connectivity index (χ1) is 9.35. The topological polar surface area (TPSA) is 75.3 Å². The third-order valence-electron chi connectivity index (χ3n) is 2.78. The second kappa shape index (κ2) is 6.65. The highest BCUT2D eigenvalue weighted by Gasteiger charge is 2.15. The van der Waals surface area contributed by atoms with E-state index in [2.05, 4.69) is 17.2 Å². The van der Waals surface area contributed by atoms with Crippen molar-refractivity contribution in [3.05, 3.63) is 42.0 Å². The third-order valence-corrected chi connectivity index (χ3v) is 2.78. The summed E-state index contributed by atoms with van der Waals surface area (Å²) >= 11 is 0. The molecule has 5 heteroatoms. The van der Waals surface area contributed by atoms with Crippen molar-refractivity contribution in [2.45, 2.75) is 26.8 Å². The largest absolute Gasteiger partial charge is 0.342 e. The molecular formula is C15H18N2O3. The van der Waals surface area contributed by atoms with E-state index in [1.807, 2.05) is 0 Å². The van der Waals surface area contributed by atoms with Crippen LogP contribution in [0.2, 0.25) is 0 Å². The molecule has 0 fully saturated rings. The molecule has 0 heterocycles. The van der Waals surface area contributed by atoms with Crippen LogP contribution in [0.5, 0.6) is 0 Å². The van der Waals surface area contributed by atoms with Gasteiger partial charge in [-0.2, -0.15) is 0 Å². The Balaban J connectivity index is 2.76. The maximum absolute atomic E-state index is 11.7. The van der Waals surface area contributed by atoms with Gasteiger partial charge in [0.1, 0.15) is 0 Å². The zero-order chi connectivity index (χ0) is 15.3. The molecule has 1 atom stereocenters. The highest BCUT2D eigenvalue weighted by Crippen LogP contribution is 2.15. The number of anilines is 1. The Bertz CT molecular complexity index is 564. The summed E-state index contributed by atoms with van der Waals surface area (Å²) in [4.78, 5) is 34.5. The summed E-state index contributed by atoms with van der Waals surface area (Å²) < 4.78 is 0. The standard InChI is InChI=1S/C15H18N2O3/c1-5-10(3)16-14(19)15(20)17-12-6-7-13(11(4)18)9(2)8-12/h5-8,10H,1H2,2-4H3,(H,16,19)(H,17,20)/t10-/m0/s1. The second-order valence-corrected chi connectivity index (χ2v) is 4.54. The first-order valence-corrected chi connectivity index (χ1v) is 6.21. The van der Waals surface area contributed by atoms with Gasteiger partial charge in [0.2, 0.25) is 0 Å². The predicted molar refractivity (Wildman–Crippen MR) is 77.6 cm³/mol. The van der Waals surface area contributed by atoms with Crippen LogP contribution in [0.15, 0.2) is 30.9 Å². The van der Waals surface area contributed by atoms with Crippen molar-refractivity contribution in [1.82, 2.24) is 5.32 Å². The molecule has 0 aromatic heterocycles. The fraction of sp³-hybridized carbons (Fsp3) is 0.267. The Kier molecular flexibility index (Phi) is 5.20. The fourth-order valence-electron chi connectivity index (χ4n) is 1.66. The molecule has 0 unspecified atom stereocenters. The van der Waals surface area contributed by atoms with Gasteiger partial charge in [0.05, 0.1) is 0 Å². The van der Waals surface area contributed by atoms with Gasteiger partial charge in [-0.1, -0.05) is 6.08 Å². The van der Waals surface area contributed by atoms with Crippen molar-refractivity contribution in [2.75, 3.05) is 5.32 Å². The average molecular weight is 274 g/mol. The highest BCUT2D eigenvalue weighted by atomic mass is 16.2. The van der Waals surface area contributed by atoms with Crippen LogP contribution >= 0.6 is 0 Å². The molecule has 1 aromatic rings. The maximum Gasteiger partial charge on any atom is 0.313 e. The van der Waals surface area contributed by atoms with E-state index in [9.17, 15) is 14.4 Å². The van der Waals surface area contributed by atoms with Crippen molar-refractivity contribution >= 4 is 23.3 Å². The molecular weight excluding hydrogens is 256 g/mol. The molecule has 106 valence electrons. The summed E-state index contributed by atoms with van der Waals surface area (Å²) in [6, 6.07) is 4.58. The van der Waals surface area contributed by atoms with E-state index in [-0.39, 0.29) is 11.8 Å². The van der Waals surface area contributed by atoms with Crippen LogP contribution in [-0.4, -0.2) is 23.6 Å². The van der Waals surface area contributed by atoms with Gasteiger partial charge in [0.15, 0.2) is 5.78 Å². The molecule has 0 saturated carbocycles. The average Bonchev–Trinajstić information content (AvgIpc) is 2.37. The number of hydrogen-bond acceptors (Lipinski definition) is 3. The van der Waals surface area contributed by atoms with Crippen LogP contribution in [0.4, 0.5) is 5.69 Å². The van der Waals surface area contributed by atoms with Gasteiger partial charge >= 0.3 is 11.8 Å². The summed E-state index contributed by atoms with van der Waals surface area (Å²) in [6.45, 7) is 8.48. The van der Waals surface area contributed by atoms with Gasteiger partial charge in [-0.05, 0) is 44.5 Å². The Hall–Kier alpha value is -2.43. The molecule has 0 radical (unpaired) electrons. The molecule has 0 aliphatic heterocycles. The Morgan fingerprint density at radius 3 is 2.40 bits per heavy atom. The Morgan fingerprint density at radius 2 is 1.90 bits per heavy atom. The van der Waals surface area contributed by atoms with Gasteiger partial charge < -0.3 is 10.6 Å². The van der Waals surface area contributed by atoms with Crippen molar-refractivity contribution in [1.29, 1.82) is 0 Å². The van der Waals surface area contributed by atoms with Crippen LogP contribution in [-0.2, 0) is 9.59 Å². The summed E-state index contributed by atoms with van der Waals surface area (Å²) in [7, 11) is 0. The molecule has 2 amide bonds. The van der Waals surface area contributed by atoms with Gasteiger partial charge in [0, 0.05) is 17.3 Å². The summed E-state index contributed by atoms with van der Waals surface area (Å²) in [6.07, 6.45) is 1.52. The lowest BCUT2D eigenvalue weighted by atomic mass is 10.0. The quantitative estimate of drug-likeness (QED) is 0.499. The lowest BCUT2D eigenvalue weighted by molar-refractivity contribution is -0.136. The fourth-order valence-corrected chi connectivity index (χ4v) is 1.66. The minimum absolute atomic E-state index is 0.0436. The molecule has 20 heavy (non-hydrogen) atoms. The normalized spacial score (nSPS) is 11.3. The monoisotopic (exact) mass is 274 g/mol. The lowest BCUT2D eigenvalue weighted by Gasteiger charge is -2.10. The van der Waals surface area contributed by atoms with Crippen molar-refractivity contribution in [2.24, 2.45) is 0 Å². The summed E-state index contributed by atoms with van der Waals surface area (Å²) in [5.41, 5.74) is 1.81. The Labute approximate surface area is 118 Å². The van der Waals surface area contributed by atoms with E-state index in [0.717, 1.165) is 5.56 Å². The predicted octanol–water partition coefficient (Wildman–Crippen LogP) is 1.83. The number of Topliss-reactive ketones (excluding diaryl/α,β-unsaturated/α-hetero) is 1. The van der Waals surface area contributed by atoms with Crippen molar-refractivity contribution < 1.29 is 14.4 Å². The van der Waals surface area contributed by atoms with Crippen LogP contribution in [0.1, 0.15) is 29.8 Å². The van der Waals surface area contributed by atoms with E-state index in [4.69, 9.17) is 0 Å². The van der Waals surface area contributed by atoms with E-state index < -0.39 is 11.8 Å². The SMILES string of the molecule is C=C[C@H](C)NC(=O)C(=O)Nc1ccc(C(C)=O)c(C)c1. The molecule has 0 spiro atoms. The second-order valence-electron chi connectivity index (χ2n) is 4.54. The zero-order valence-electron chi connectivity index (χ0n) is 11.8. The highest BCUT2D eigenvalue weighted by molar-refractivity contribution is 6.39. The zero-order valence-corrected chi connectivity index (χ0v) is 11.8. The molecule has 2 N–H and O–H groups in total. The van der Waals surface area contributed by atoms with E-state index in [0.29, 0.717) is 11.3 Å². The van der Waals surface area contributed by atoms with Crippen LogP contribution in [0.25, 0.3) is 0 Å². The van der Waals surface area contributed by atoms with Gasteiger partial charge in [-0.3, -0.25) is 14.4 Å². The molecule has 1 aromatic carbocycles. The van der Waals surface area contributed by atoms with E-state index in [1.165, 1.54) is 13.0 Å². The van der Waals surface area contributed by atoms with E-state index >= 15 is 0 Å². The minimum atomic E-state index is -0.756. The number of hydrogen-bond donors (Lipinski definition) is 2. The number of amides is 2. The van der Waals surface area contributed by atoms with Crippen LogP contribution in [0, 0.1) is 6.92 Å². The molecule has 0 saturated heterocycles. The van der Waals surface area contributed by atoms with Crippen LogP contribution < -0.4 is 10.6 Å².